The van der Waals surface area contributed by atoms with E-state index < -0.39 is 11.5 Å². The summed E-state index contributed by atoms with van der Waals surface area (Å²) in [4.78, 5) is 15.3. The van der Waals surface area contributed by atoms with E-state index in [2.05, 4.69) is 12.1 Å². The molecule has 2 unspecified atom stereocenters. The summed E-state index contributed by atoms with van der Waals surface area (Å²) < 4.78 is 0. The number of rotatable bonds is 3. The number of fused-ring (bicyclic) bond motifs is 1. The molecule has 1 heterocycles. The molecule has 0 fully saturated rings. The summed E-state index contributed by atoms with van der Waals surface area (Å²) in [7, 11) is 0. The van der Waals surface area contributed by atoms with Gasteiger partial charge in [0.05, 0.1) is 17.7 Å². The largest absolute Gasteiger partial charge is 0.291 e. The first-order valence-electron chi connectivity index (χ1n) is 10.1. The van der Waals surface area contributed by atoms with Gasteiger partial charge in [0.2, 0.25) is 0 Å². The standard InChI is InChI=1S/C27H21N3O/c1-19-9-3-6-12-23(19)26(31)30-16-15-21-10-5-8-14-25(21)27(30,18-29)20(2)24-13-7-4-11-22(24)17-28/h3-16,20H,1-2H3. The van der Waals surface area contributed by atoms with Crippen molar-refractivity contribution < 1.29 is 4.79 Å². The van der Waals surface area contributed by atoms with Crippen LogP contribution in [-0.2, 0) is 5.54 Å². The average molecular weight is 403 g/mol. The van der Waals surface area contributed by atoms with Crippen LogP contribution in [0.2, 0.25) is 0 Å². The number of benzene rings is 3. The van der Waals surface area contributed by atoms with Crippen molar-refractivity contribution in [2.24, 2.45) is 0 Å². The first-order valence-corrected chi connectivity index (χ1v) is 10.1. The molecule has 3 aromatic rings. The van der Waals surface area contributed by atoms with E-state index in [-0.39, 0.29) is 5.91 Å². The van der Waals surface area contributed by atoms with Crippen molar-refractivity contribution in [2.45, 2.75) is 25.3 Å². The Hall–Kier alpha value is -4.15. The lowest BCUT2D eigenvalue weighted by Crippen LogP contribution is -2.51. The predicted octanol–water partition coefficient (Wildman–Crippen LogP) is 5.52. The molecule has 1 amide bonds. The maximum absolute atomic E-state index is 13.8. The molecule has 4 heteroatoms. The van der Waals surface area contributed by atoms with E-state index in [1.165, 1.54) is 4.90 Å². The van der Waals surface area contributed by atoms with Gasteiger partial charge in [0.15, 0.2) is 5.54 Å². The molecule has 1 aliphatic rings. The van der Waals surface area contributed by atoms with Gasteiger partial charge in [-0.05, 0) is 41.8 Å². The number of nitrogens with zero attached hydrogens (tertiary/aromatic N) is 3. The fourth-order valence-corrected chi connectivity index (χ4v) is 4.42. The van der Waals surface area contributed by atoms with Gasteiger partial charge in [-0.25, -0.2) is 0 Å². The number of carbonyl (C=O) groups excluding carboxylic acids is 1. The van der Waals surface area contributed by atoms with Crippen molar-refractivity contribution >= 4 is 12.0 Å². The minimum absolute atomic E-state index is 0.244. The Balaban J connectivity index is 1.97. The molecule has 0 aliphatic carbocycles. The zero-order chi connectivity index (χ0) is 22.0. The van der Waals surface area contributed by atoms with Crippen LogP contribution in [0, 0.1) is 29.6 Å². The SMILES string of the molecule is Cc1ccccc1C(=O)N1C=Cc2ccccc2C1(C#N)C(C)c1ccccc1C#N. The fourth-order valence-electron chi connectivity index (χ4n) is 4.42. The zero-order valence-electron chi connectivity index (χ0n) is 17.4. The molecule has 0 radical (unpaired) electrons. The van der Waals surface area contributed by atoms with Gasteiger partial charge in [0.25, 0.3) is 5.91 Å². The first-order chi connectivity index (χ1) is 15.0. The molecule has 1 aliphatic heterocycles. The Morgan fingerprint density at radius 1 is 0.968 bits per heavy atom. The Labute approximate surface area is 182 Å². The number of nitriles is 2. The molecule has 0 aromatic heterocycles. The summed E-state index contributed by atoms with van der Waals surface area (Å²) in [5.74, 6) is -0.695. The molecule has 0 saturated heterocycles. The van der Waals surface area contributed by atoms with E-state index in [4.69, 9.17) is 0 Å². The van der Waals surface area contributed by atoms with Crippen LogP contribution >= 0.6 is 0 Å². The topological polar surface area (TPSA) is 67.9 Å². The van der Waals surface area contributed by atoms with Crippen molar-refractivity contribution in [1.82, 2.24) is 4.90 Å². The van der Waals surface area contributed by atoms with Crippen LogP contribution < -0.4 is 0 Å². The number of amides is 1. The molecule has 0 saturated carbocycles. The van der Waals surface area contributed by atoms with Crippen molar-refractivity contribution in [3.8, 4) is 12.1 Å². The Morgan fingerprint density at radius 2 is 1.65 bits per heavy atom. The second kappa shape index (κ2) is 7.94. The van der Waals surface area contributed by atoms with E-state index in [9.17, 15) is 15.3 Å². The summed E-state index contributed by atoms with van der Waals surface area (Å²) in [5, 5.41) is 20.3. The highest BCUT2D eigenvalue weighted by Crippen LogP contribution is 2.47. The minimum atomic E-state index is -1.31. The summed E-state index contributed by atoms with van der Waals surface area (Å²) in [6.45, 7) is 3.80. The maximum Gasteiger partial charge on any atom is 0.259 e. The normalized spacial score (nSPS) is 17.9. The van der Waals surface area contributed by atoms with Gasteiger partial charge in [0, 0.05) is 23.2 Å². The summed E-state index contributed by atoms with van der Waals surface area (Å²) >= 11 is 0. The second-order valence-corrected chi connectivity index (χ2v) is 7.69. The lowest BCUT2D eigenvalue weighted by Gasteiger charge is -2.44. The van der Waals surface area contributed by atoms with E-state index in [1.54, 1.807) is 24.4 Å². The number of hydrogen-bond acceptors (Lipinski definition) is 3. The highest BCUT2D eigenvalue weighted by atomic mass is 16.2. The van der Waals surface area contributed by atoms with Crippen molar-refractivity contribution in [1.29, 1.82) is 10.5 Å². The van der Waals surface area contributed by atoms with Crippen LogP contribution in [0.15, 0.2) is 79.0 Å². The van der Waals surface area contributed by atoms with Crippen LogP contribution in [0.25, 0.3) is 6.08 Å². The van der Waals surface area contributed by atoms with Gasteiger partial charge in [-0.3, -0.25) is 9.69 Å². The van der Waals surface area contributed by atoms with Gasteiger partial charge < -0.3 is 0 Å². The van der Waals surface area contributed by atoms with Gasteiger partial charge in [-0.1, -0.05) is 67.6 Å². The lowest BCUT2D eigenvalue weighted by atomic mass is 9.71. The highest BCUT2D eigenvalue weighted by Gasteiger charge is 2.49. The molecule has 31 heavy (non-hydrogen) atoms. The molecular formula is C27H21N3O. The van der Waals surface area contributed by atoms with Crippen LogP contribution in [0.4, 0.5) is 0 Å². The summed E-state index contributed by atoms with van der Waals surface area (Å²) in [5.41, 5.74) is 2.96. The van der Waals surface area contributed by atoms with Crippen LogP contribution in [-0.4, -0.2) is 10.8 Å². The van der Waals surface area contributed by atoms with E-state index in [1.807, 2.05) is 74.5 Å². The van der Waals surface area contributed by atoms with Crippen molar-refractivity contribution in [3.05, 3.63) is 112 Å². The zero-order valence-corrected chi connectivity index (χ0v) is 17.4. The predicted molar refractivity (Wildman–Crippen MR) is 120 cm³/mol. The lowest BCUT2D eigenvalue weighted by molar-refractivity contribution is 0.0663. The van der Waals surface area contributed by atoms with Crippen LogP contribution in [0.1, 0.15) is 51.0 Å². The molecule has 0 spiro atoms. The highest BCUT2D eigenvalue weighted by molar-refractivity contribution is 5.98. The van der Waals surface area contributed by atoms with Crippen LogP contribution in [0.3, 0.4) is 0 Å². The molecule has 0 bridgehead atoms. The third-order valence-corrected chi connectivity index (χ3v) is 6.09. The van der Waals surface area contributed by atoms with Gasteiger partial charge in [-0.15, -0.1) is 0 Å². The maximum atomic E-state index is 13.8. The molecule has 4 nitrogen and oxygen atoms in total. The summed E-state index contributed by atoms with van der Waals surface area (Å²) in [6, 6.07) is 27.0. The quantitative estimate of drug-likeness (QED) is 0.578. The monoisotopic (exact) mass is 403 g/mol. The van der Waals surface area contributed by atoms with E-state index >= 15 is 0 Å². The smallest absolute Gasteiger partial charge is 0.259 e. The number of aryl methyl sites for hydroxylation is 1. The van der Waals surface area contributed by atoms with Gasteiger partial charge in [0.1, 0.15) is 0 Å². The third kappa shape index (κ3) is 3.10. The van der Waals surface area contributed by atoms with Gasteiger partial charge >= 0.3 is 0 Å². The molecule has 0 N–H and O–H groups in total. The molecular weight excluding hydrogens is 382 g/mol. The Morgan fingerprint density at radius 3 is 2.39 bits per heavy atom. The molecule has 150 valence electrons. The van der Waals surface area contributed by atoms with E-state index in [0.29, 0.717) is 11.1 Å². The van der Waals surface area contributed by atoms with Crippen LogP contribution in [0.5, 0.6) is 0 Å². The molecule has 2 atom stereocenters. The Bertz CT molecular complexity index is 1280. The Kier molecular flexibility index (Phi) is 5.15. The fraction of sp³-hybridized carbons (Fsp3) is 0.148. The minimum Gasteiger partial charge on any atom is -0.291 e. The summed E-state index contributed by atoms with van der Waals surface area (Å²) in [6.07, 6.45) is 3.57. The molecule has 3 aromatic carbocycles. The number of hydrogen-bond donors (Lipinski definition) is 0. The average Bonchev–Trinajstić information content (AvgIpc) is 2.82. The first kappa shape index (κ1) is 20.1. The number of carbonyl (C=O) groups is 1. The molecule has 4 rings (SSSR count). The van der Waals surface area contributed by atoms with Crippen molar-refractivity contribution in [2.75, 3.05) is 0 Å². The van der Waals surface area contributed by atoms with Gasteiger partial charge in [-0.2, -0.15) is 10.5 Å². The third-order valence-electron chi connectivity index (χ3n) is 6.09. The van der Waals surface area contributed by atoms with E-state index in [0.717, 1.165) is 22.3 Å². The second-order valence-electron chi connectivity index (χ2n) is 7.69. The van der Waals surface area contributed by atoms with Crippen molar-refractivity contribution in [3.63, 3.8) is 0 Å².